The van der Waals surface area contributed by atoms with E-state index in [1.165, 1.54) is 14.0 Å². The highest BCUT2D eigenvalue weighted by Gasteiger charge is 2.04. The van der Waals surface area contributed by atoms with Gasteiger partial charge < -0.3 is 0 Å². The van der Waals surface area contributed by atoms with Gasteiger partial charge in [-0.2, -0.15) is 0 Å². The van der Waals surface area contributed by atoms with Crippen molar-refractivity contribution >= 4 is 23.1 Å². The van der Waals surface area contributed by atoms with Crippen molar-refractivity contribution in [1.82, 2.24) is 4.98 Å². The Bertz CT molecular complexity index is 617. The van der Waals surface area contributed by atoms with Crippen molar-refractivity contribution in [2.75, 3.05) is 0 Å². The quantitative estimate of drug-likeness (QED) is 0.666. The van der Waals surface area contributed by atoms with Gasteiger partial charge in [0.2, 0.25) is 0 Å². The fourth-order valence-electron chi connectivity index (χ4n) is 1.63. The Hall–Kier alpha value is -1.58. The smallest absolute Gasteiger partial charge is 0.0802 e. The standard InChI is InChI=1S/C15H11NS2/c1-2-6-12(7-3-1)17-15-10-9-14(18-15)13-8-4-5-11-16-13/h1-11H. The van der Waals surface area contributed by atoms with Crippen LogP contribution in [0.4, 0.5) is 0 Å². The summed E-state index contributed by atoms with van der Waals surface area (Å²) in [5, 5.41) is 0. The Labute approximate surface area is 115 Å². The summed E-state index contributed by atoms with van der Waals surface area (Å²) in [6.45, 7) is 0. The molecular weight excluding hydrogens is 258 g/mol. The number of nitrogens with zero attached hydrogens (tertiary/aromatic N) is 1. The highest BCUT2D eigenvalue weighted by Crippen LogP contribution is 2.36. The fourth-order valence-corrected chi connectivity index (χ4v) is 3.73. The van der Waals surface area contributed by atoms with E-state index in [4.69, 9.17) is 0 Å². The molecule has 0 saturated heterocycles. The van der Waals surface area contributed by atoms with Crippen LogP contribution >= 0.6 is 23.1 Å². The molecule has 0 N–H and O–H groups in total. The molecule has 3 heteroatoms. The fraction of sp³-hybridized carbons (Fsp3) is 0. The van der Waals surface area contributed by atoms with Gasteiger partial charge >= 0.3 is 0 Å². The zero-order valence-corrected chi connectivity index (χ0v) is 11.2. The number of pyridine rings is 1. The highest BCUT2D eigenvalue weighted by molar-refractivity contribution is 8.01. The first-order chi connectivity index (χ1) is 8.92. The molecule has 0 aliphatic carbocycles. The van der Waals surface area contributed by atoms with Gasteiger partial charge in [-0.15, -0.1) is 11.3 Å². The minimum Gasteiger partial charge on any atom is -0.255 e. The van der Waals surface area contributed by atoms with Gasteiger partial charge in [-0.1, -0.05) is 36.0 Å². The molecule has 0 aliphatic rings. The van der Waals surface area contributed by atoms with E-state index in [2.05, 4.69) is 41.4 Å². The number of thiophene rings is 1. The third-order valence-corrected chi connectivity index (χ3v) is 4.71. The number of aromatic nitrogens is 1. The Morgan fingerprint density at radius 1 is 0.833 bits per heavy atom. The predicted molar refractivity (Wildman–Crippen MR) is 78.1 cm³/mol. The molecule has 18 heavy (non-hydrogen) atoms. The number of rotatable bonds is 3. The van der Waals surface area contributed by atoms with E-state index in [1.54, 1.807) is 23.1 Å². The van der Waals surface area contributed by atoms with E-state index in [0.717, 1.165) is 5.69 Å². The van der Waals surface area contributed by atoms with Crippen molar-refractivity contribution in [3.63, 3.8) is 0 Å². The summed E-state index contributed by atoms with van der Waals surface area (Å²) in [4.78, 5) is 6.86. The molecule has 1 nitrogen and oxygen atoms in total. The lowest BCUT2D eigenvalue weighted by molar-refractivity contribution is 1.34. The van der Waals surface area contributed by atoms with Crippen LogP contribution in [0.15, 0.2) is 76.0 Å². The zero-order valence-electron chi connectivity index (χ0n) is 9.61. The molecule has 0 aliphatic heterocycles. The lowest BCUT2D eigenvalue weighted by Gasteiger charge is -1.97. The van der Waals surface area contributed by atoms with Crippen LogP contribution in [0.3, 0.4) is 0 Å². The Morgan fingerprint density at radius 3 is 2.44 bits per heavy atom. The second-order valence-electron chi connectivity index (χ2n) is 3.75. The largest absolute Gasteiger partial charge is 0.255 e. The van der Waals surface area contributed by atoms with Gasteiger partial charge in [0.05, 0.1) is 14.8 Å². The van der Waals surface area contributed by atoms with Crippen LogP contribution in [0.1, 0.15) is 0 Å². The first-order valence-corrected chi connectivity index (χ1v) is 7.29. The van der Waals surface area contributed by atoms with Crippen molar-refractivity contribution in [2.24, 2.45) is 0 Å². The molecule has 3 aromatic rings. The monoisotopic (exact) mass is 269 g/mol. The molecule has 0 radical (unpaired) electrons. The Morgan fingerprint density at radius 2 is 1.67 bits per heavy atom. The van der Waals surface area contributed by atoms with Crippen LogP contribution in [0.2, 0.25) is 0 Å². The molecule has 88 valence electrons. The normalized spacial score (nSPS) is 10.4. The molecule has 0 bridgehead atoms. The van der Waals surface area contributed by atoms with Gasteiger partial charge in [-0.25, -0.2) is 0 Å². The average molecular weight is 269 g/mol. The molecule has 0 amide bonds. The SMILES string of the molecule is c1ccc(Sc2ccc(-c3ccccn3)s2)cc1. The molecule has 0 fully saturated rings. The van der Waals surface area contributed by atoms with Crippen LogP contribution in [0.25, 0.3) is 10.6 Å². The molecule has 3 rings (SSSR count). The Kier molecular flexibility index (Phi) is 3.44. The zero-order chi connectivity index (χ0) is 12.2. The summed E-state index contributed by atoms with van der Waals surface area (Å²) < 4.78 is 1.29. The summed E-state index contributed by atoms with van der Waals surface area (Å²) in [5.41, 5.74) is 1.04. The van der Waals surface area contributed by atoms with E-state index in [9.17, 15) is 0 Å². The highest BCUT2D eigenvalue weighted by atomic mass is 32.2. The summed E-state index contributed by atoms with van der Waals surface area (Å²) in [5.74, 6) is 0. The molecule has 0 unspecified atom stereocenters. The first-order valence-electron chi connectivity index (χ1n) is 5.66. The lowest BCUT2D eigenvalue weighted by atomic mass is 10.3. The maximum atomic E-state index is 4.37. The topological polar surface area (TPSA) is 12.9 Å². The minimum atomic E-state index is 1.04. The second-order valence-corrected chi connectivity index (χ2v) is 6.21. The van der Waals surface area contributed by atoms with Crippen LogP contribution in [0, 0.1) is 0 Å². The van der Waals surface area contributed by atoms with Crippen molar-refractivity contribution < 1.29 is 0 Å². The molecule has 1 aromatic carbocycles. The predicted octanol–water partition coefficient (Wildman–Crippen LogP) is 4.96. The van der Waals surface area contributed by atoms with Gasteiger partial charge in [0.1, 0.15) is 0 Å². The number of hydrogen-bond donors (Lipinski definition) is 0. The lowest BCUT2D eigenvalue weighted by Crippen LogP contribution is -1.75. The van der Waals surface area contributed by atoms with E-state index >= 15 is 0 Å². The molecular formula is C15H11NS2. The van der Waals surface area contributed by atoms with Gasteiger partial charge in [0, 0.05) is 11.1 Å². The van der Waals surface area contributed by atoms with Gasteiger partial charge in [0.15, 0.2) is 0 Å². The summed E-state index contributed by atoms with van der Waals surface area (Å²) >= 11 is 3.58. The second kappa shape index (κ2) is 5.38. The van der Waals surface area contributed by atoms with Crippen molar-refractivity contribution in [3.05, 3.63) is 66.9 Å². The van der Waals surface area contributed by atoms with E-state index in [-0.39, 0.29) is 0 Å². The molecule has 0 spiro atoms. The van der Waals surface area contributed by atoms with Crippen molar-refractivity contribution in [3.8, 4) is 10.6 Å². The minimum absolute atomic E-state index is 1.04. The first kappa shape index (κ1) is 11.5. The molecule has 0 atom stereocenters. The average Bonchev–Trinajstić information content (AvgIpc) is 2.89. The van der Waals surface area contributed by atoms with Crippen molar-refractivity contribution in [2.45, 2.75) is 9.10 Å². The van der Waals surface area contributed by atoms with Gasteiger partial charge in [-0.05, 0) is 36.4 Å². The van der Waals surface area contributed by atoms with Crippen LogP contribution < -0.4 is 0 Å². The molecule has 2 heterocycles. The summed E-state index contributed by atoms with van der Waals surface area (Å²) in [6.07, 6.45) is 1.83. The maximum absolute atomic E-state index is 4.37. The molecule has 0 saturated carbocycles. The summed E-state index contributed by atoms with van der Waals surface area (Å²) in [7, 11) is 0. The van der Waals surface area contributed by atoms with Gasteiger partial charge in [-0.3, -0.25) is 4.98 Å². The van der Waals surface area contributed by atoms with E-state index in [0.29, 0.717) is 0 Å². The maximum Gasteiger partial charge on any atom is 0.0802 e. The molecule has 2 aromatic heterocycles. The van der Waals surface area contributed by atoms with Crippen LogP contribution in [0.5, 0.6) is 0 Å². The van der Waals surface area contributed by atoms with Crippen molar-refractivity contribution in [1.29, 1.82) is 0 Å². The Balaban J connectivity index is 1.82. The third-order valence-electron chi connectivity index (χ3n) is 2.46. The summed E-state index contributed by atoms with van der Waals surface area (Å²) in [6, 6.07) is 20.7. The van der Waals surface area contributed by atoms with Crippen LogP contribution in [-0.4, -0.2) is 4.98 Å². The van der Waals surface area contributed by atoms with Gasteiger partial charge in [0.25, 0.3) is 0 Å². The third kappa shape index (κ3) is 2.63. The van der Waals surface area contributed by atoms with Crippen LogP contribution in [-0.2, 0) is 0 Å². The van der Waals surface area contributed by atoms with E-state index < -0.39 is 0 Å². The number of benzene rings is 1. The van der Waals surface area contributed by atoms with E-state index in [1.807, 2.05) is 30.5 Å². The number of hydrogen-bond acceptors (Lipinski definition) is 3.